The van der Waals surface area contributed by atoms with Gasteiger partial charge in [0.1, 0.15) is 4.88 Å². The molecule has 0 radical (unpaired) electrons. The number of aromatic carboxylic acids is 1. The van der Waals surface area contributed by atoms with Crippen LogP contribution in [-0.4, -0.2) is 21.0 Å². The molecule has 3 rings (SSSR count). The van der Waals surface area contributed by atoms with Gasteiger partial charge in [-0.3, -0.25) is 0 Å². The van der Waals surface area contributed by atoms with E-state index >= 15 is 0 Å². The van der Waals surface area contributed by atoms with E-state index in [2.05, 4.69) is 9.97 Å². The second-order valence-electron chi connectivity index (χ2n) is 4.46. The summed E-state index contributed by atoms with van der Waals surface area (Å²) in [5.41, 5.74) is 1.42. The first-order valence-corrected chi connectivity index (χ1v) is 6.56. The average molecular weight is 264 g/mol. The normalized spacial score (nSPS) is 15.0. The molecule has 0 bridgehead atoms. The topological polar surface area (TPSA) is 76.2 Å². The van der Waals surface area contributed by atoms with E-state index in [0.717, 1.165) is 28.4 Å². The van der Waals surface area contributed by atoms with Crippen molar-refractivity contribution in [2.24, 2.45) is 0 Å². The van der Waals surface area contributed by atoms with Crippen molar-refractivity contribution in [2.75, 3.05) is 0 Å². The van der Waals surface area contributed by atoms with Crippen LogP contribution in [0.3, 0.4) is 0 Å². The van der Waals surface area contributed by atoms with Crippen LogP contribution in [0, 0.1) is 13.8 Å². The highest BCUT2D eigenvalue weighted by molar-refractivity contribution is 7.15. The predicted molar refractivity (Wildman–Crippen MR) is 66.0 cm³/mol. The number of hydrogen-bond acceptors (Lipinski definition) is 5. The van der Waals surface area contributed by atoms with Gasteiger partial charge in [-0.15, -0.1) is 11.3 Å². The van der Waals surface area contributed by atoms with Crippen LogP contribution in [-0.2, 0) is 0 Å². The molecule has 2 aromatic heterocycles. The van der Waals surface area contributed by atoms with E-state index in [1.54, 1.807) is 0 Å². The van der Waals surface area contributed by atoms with Crippen LogP contribution in [0.5, 0.6) is 0 Å². The molecule has 2 heterocycles. The standard InChI is InChI=1S/C12H12N2O3S/c1-5-10(18-6(2)13-5)11-14-8(7-3-4-7)9(17-11)12(15)16/h7H,3-4H2,1-2H3,(H,15,16). The lowest BCUT2D eigenvalue weighted by Gasteiger charge is -1.90. The summed E-state index contributed by atoms with van der Waals surface area (Å²) in [5.74, 6) is -0.423. The number of thiazole rings is 1. The zero-order valence-electron chi connectivity index (χ0n) is 10.1. The minimum Gasteiger partial charge on any atom is -0.475 e. The van der Waals surface area contributed by atoms with Gasteiger partial charge in [0, 0.05) is 5.92 Å². The van der Waals surface area contributed by atoms with Crippen molar-refractivity contribution in [2.45, 2.75) is 32.6 Å². The second kappa shape index (κ2) is 3.91. The molecule has 0 aliphatic heterocycles. The molecule has 2 aromatic rings. The van der Waals surface area contributed by atoms with Crippen molar-refractivity contribution in [3.05, 3.63) is 22.2 Å². The smallest absolute Gasteiger partial charge is 0.373 e. The maximum atomic E-state index is 11.1. The van der Waals surface area contributed by atoms with E-state index in [1.165, 1.54) is 11.3 Å². The predicted octanol–water partition coefficient (Wildman–Crippen LogP) is 2.99. The fraction of sp³-hybridized carbons (Fsp3) is 0.417. The summed E-state index contributed by atoms with van der Waals surface area (Å²) in [7, 11) is 0. The third-order valence-corrected chi connectivity index (χ3v) is 3.97. The minimum absolute atomic E-state index is 0.0158. The Balaban J connectivity index is 2.10. The number of nitrogens with zero attached hydrogens (tertiary/aromatic N) is 2. The molecule has 18 heavy (non-hydrogen) atoms. The molecule has 1 aliphatic rings. The van der Waals surface area contributed by atoms with Crippen LogP contribution in [0.1, 0.15) is 45.7 Å². The van der Waals surface area contributed by atoms with Gasteiger partial charge in [-0.2, -0.15) is 0 Å². The third kappa shape index (κ3) is 1.82. The van der Waals surface area contributed by atoms with Gasteiger partial charge < -0.3 is 9.52 Å². The fourth-order valence-electron chi connectivity index (χ4n) is 1.95. The van der Waals surface area contributed by atoms with Crippen molar-refractivity contribution >= 4 is 17.3 Å². The fourth-order valence-corrected chi connectivity index (χ4v) is 2.79. The van der Waals surface area contributed by atoms with E-state index in [4.69, 9.17) is 9.52 Å². The summed E-state index contributed by atoms with van der Waals surface area (Å²) in [6.07, 6.45) is 1.99. The summed E-state index contributed by atoms with van der Waals surface area (Å²) in [6.45, 7) is 3.78. The van der Waals surface area contributed by atoms with Gasteiger partial charge in [0.25, 0.3) is 0 Å². The van der Waals surface area contributed by atoms with Crippen molar-refractivity contribution in [3.8, 4) is 10.8 Å². The van der Waals surface area contributed by atoms with Crippen molar-refractivity contribution in [3.63, 3.8) is 0 Å². The lowest BCUT2D eigenvalue weighted by Crippen LogP contribution is -1.98. The van der Waals surface area contributed by atoms with Gasteiger partial charge in [0.05, 0.1) is 16.4 Å². The number of aryl methyl sites for hydroxylation is 2. The molecule has 0 aromatic carbocycles. The van der Waals surface area contributed by atoms with Crippen LogP contribution in [0.2, 0.25) is 0 Å². The number of rotatable bonds is 3. The van der Waals surface area contributed by atoms with Gasteiger partial charge in [-0.25, -0.2) is 14.8 Å². The van der Waals surface area contributed by atoms with Crippen LogP contribution < -0.4 is 0 Å². The minimum atomic E-state index is -1.05. The van der Waals surface area contributed by atoms with Crippen molar-refractivity contribution in [1.29, 1.82) is 0 Å². The van der Waals surface area contributed by atoms with Crippen LogP contribution in [0.15, 0.2) is 4.42 Å². The van der Waals surface area contributed by atoms with E-state index in [1.807, 2.05) is 13.8 Å². The van der Waals surface area contributed by atoms with Gasteiger partial charge in [0.2, 0.25) is 11.7 Å². The molecular formula is C12H12N2O3S. The molecule has 6 heteroatoms. The van der Waals surface area contributed by atoms with Crippen LogP contribution >= 0.6 is 11.3 Å². The Kier molecular flexibility index (Phi) is 2.48. The summed E-state index contributed by atoms with van der Waals surface area (Å²) in [5, 5.41) is 10.1. The SMILES string of the molecule is Cc1nc(C)c(-c2nc(C3CC3)c(C(=O)O)o2)s1. The third-order valence-electron chi connectivity index (χ3n) is 2.91. The Bertz CT molecular complexity index is 625. The molecule has 5 nitrogen and oxygen atoms in total. The number of carboxylic acids is 1. The highest BCUT2D eigenvalue weighted by atomic mass is 32.1. The maximum Gasteiger partial charge on any atom is 0.373 e. The Morgan fingerprint density at radius 3 is 2.61 bits per heavy atom. The second-order valence-corrected chi connectivity index (χ2v) is 5.66. The number of carboxylic acid groups (broad SMARTS) is 1. The number of carbonyl (C=O) groups is 1. The van der Waals surface area contributed by atoms with Crippen molar-refractivity contribution < 1.29 is 14.3 Å². The summed E-state index contributed by atoms with van der Waals surface area (Å²) < 4.78 is 5.42. The quantitative estimate of drug-likeness (QED) is 0.922. The maximum absolute atomic E-state index is 11.1. The average Bonchev–Trinajstić information content (AvgIpc) is 2.95. The van der Waals surface area contributed by atoms with Crippen molar-refractivity contribution in [1.82, 2.24) is 9.97 Å². The molecule has 1 fully saturated rings. The Labute approximate surface area is 108 Å². The molecule has 0 unspecified atom stereocenters. The van der Waals surface area contributed by atoms with Gasteiger partial charge in [-0.05, 0) is 26.7 Å². The highest BCUT2D eigenvalue weighted by Gasteiger charge is 2.34. The zero-order valence-corrected chi connectivity index (χ0v) is 10.9. The molecule has 1 N–H and O–H groups in total. The number of oxazole rings is 1. The van der Waals surface area contributed by atoms with E-state index < -0.39 is 5.97 Å². The Morgan fingerprint density at radius 2 is 2.11 bits per heavy atom. The molecular weight excluding hydrogens is 252 g/mol. The molecule has 1 aliphatic carbocycles. The zero-order chi connectivity index (χ0) is 12.9. The summed E-state index contributed by atoms with van der Waals surface area (Å²) >= 11 is 1.47. The number of hydrogen-bond donors (Lipinski definition) is 1. The molecule has 0 spiro atoms. The summed E-state index contributed by atoms with van der Waals surface area (Å²) in [4.78, 5) is 20.6. The van der Waals surface area contributed by atoms with Gasteiger partial charge in [-0.1, -0.05) is 0 Å². The molecule has 94 valence electrons. The molecule has 1 saturated carbocycles. The van der Waals surface area contributed by atoms with Crippen LogP contribution in [0.4, 0.5) is 0 Å². The van der Waals surface area contributed by atoms with Gasteiger partial charge in [0.15, 0.2) is 0 Å². The first-order valence-electron chi connectivity index (χ1n) is 5.74. The lowest BCUT2D eigenvalue weighted by atomic mass is 10.2. The summed E-state index contributed by atoms with van der Waals surface area (Å²) in [6, 6.07) is 0. The van der Waals surface area contributed by atoms with E-state index in [-0.39, 0.29) is 11.7 Å². The molecule has 0 atom stereocenters. The molecule has 0 amide bonds. The largest absolute Gasteiger partial charge is 0.475 e. The monoisotopic (exact) mass is 264 g/mol. The first-order chi connectivity index (χ1) is 8.56. The molecule has 0 saturated heterocycles. The first kappa shape index (κ1) is 11.4. The Hall–Kier alpha value is -1.69. The lowest BCUT2D eigenvalue weighted by molar-refractivity contribution is 0.0661. The van der Waals surface area contributed by atoms with E-state index in [9.17, 15) is 4.79 Å². The van der Waals surface area contributed by atoms with Gasteiger partial charge >= 0.3 is 5.97 Å². The van der Waals surface area contributed by atoms with Crippen LogP contribution in [0.25, 0.3) is 10.8 Å². The van der Waals surface area contributed by atoms with E-state index in [0.29, 0.717) is 11.6 Å². The number of aromatic nitrogens is 2. The Morgan fingerprint density at radius 1 is 1.39 bits per heavy atom. The highest BCUT2D eigenvalue weighted by Crippen LogP contribution is 2.43.